The van der Waals surface area contributed by atoms with Crippen molar-refractivity contribution >= 4 is 39.4 Å². The van der Waals surface area contributed by atoms with Crippen LogP contribution in [0.25, 0.3) is 10.8 Å². The average molecular weight is 471 g/mol. The van der Waals surface area contributed by atoms with Gasteiger partial charge in [0.25, 0.3) is 17.0 Å². The summed E-state index contributed by atoms with van der Waals surface area (Å²) in [5, 5.41) is 7.27. The molecule has 0 radical (unpaired) electrons. The zero-order chi connectivity index (χ0) is 24.4. The topological polar surface area (TPSA) is 113 Å². The Kier molecular flexibility index (Phi) is 6.07. The number of pyridine rings is 2. The molecule has 9 heteroatoms. The third-order valence-electron chi connectivity index (χ3n) is 6.23. The zero-order valence-electron chi connectivity index (χ0n) is 19.3. The lowest BCUT2D eigenvalue weighted by Gasteiger charge is -2.34. The van der Waals surface area contributed by atoms with E-state index >= 15 is 0 Å². The third-order valence-corrected chi connectivity index (χ3v) is 6.23. The number of aromatic amines is 2. The molecule has 1 aliphatic heterocycles. The number of anilines is 4. The van der Waals surface area contributed by atoms with Crippen LogP contribution in [0.1, 0.15) is 10.4 Å². The molecule has 35 heavy (non-hydrogen) atoms. The summed E-state index contributed by atoms with van der Waals surface area (Å²) >= 11 is 0. The summed E-state index contributed by atoms with van der Waals surface area (Å²) in [4.78, 5) is 47.5. The number of likely N-dealkylation sites (N-methyl/N-ethyl adjacent to an activating group) is 1. The van der Waals surface area contributed by atoms with Gasteiger partial charge >= 0.3 is 0 Å². The van der Waals surface area contributed by atoms with Gasteiger partial charge in [-0.2, -0.15) is 0 Å². The van der Waals surface area contributed by atoms with Gasteiger partial charge < -0.3 is 30.4 Å². The van der Waals surface area contributed by atoms with Crippen LogP contribution in [0, 0.1) is 0 Å². The molecule has 0 spiro atoms. The Hall–Kier alpha value is -4.37. The quantitative estimate of drug-likeness (QED) is 0.357. The maximum Gasteiger partial charge on any atom is 0.263 e. The molecule has 1 fully saturated rings. The molecule has 2 aromatic heterocycles. The largest absolute Gasteiger partial charge is 0.369 e. The van der Waals surface area contributed by atoms with Crippen LogP contribution < -0.4 is 26.7 Å². The standard InChI is InChI=1S/C26H26N6O3/c1-31-12-14-32(15-13-31)20-5-2-18(3-6-20)30-26(35)23-22(9-11-28-25(23)34)29-19-4-7-21-17(16-19)8-10-27-24(21)33/h2-11,16H,12-15H2,1H3,(H,27,33)(H,30,35)(H2,28,29,34). The summed E-state index contributed by atoms with van der Waals surface area (Å²) in [6.45, 7) is 3.94. The first-order valence-electron chi connectivity index (χ1n) is 11.4. The Morgan fingerprint density at radius 1 is 0.829 bits per heavy atom. The van der Waals surface area contributed by atoms with E-state index in [0.29, 0.717) is 22.4 Å². The second-order valence-electron chi connectivity index (χ2n) is 8.62. The molecule has 0 atom stereocenters. The number of rotatable bonds is 5. The van der Waals surface area contributed by atoms with Gasteiger partial charge in [-0.05, 0) is 67.0 Å². The number of H-pyrrole nitrogens is 2. The fraction of sp³-hybridized carbons (Fsp3) is 0.192. The van der Waals surface area contributed by atoms with E-state index in [0.717, 1.165) is 37.3 Å². The van der Waals surface area contributed by atoms with Crippen molar-refractivity contribution in [3.63, 3.8) is 0 Å². The molecule has 0 aliphatic carbocycles. The van der Waals surface area contributed by atoms with Crippen LogP contribution in [0.2, 0.25) is 0 Å². The van der Waals surface area contributed by atoms with Crippen LogP contribution in [0.15, 0.2) is 76.6 Å². The highest BCUT2D eigenvalue weighted by atomic mass is 16.2. The number of aromatic nitrogens is 2. The third kappa shape index (κ3) is 4.80. The van der Waals surface area contributed by atoms with Crippen LogP contribution in [0.4, 0.5) is 22.7 Å². The summed E-state index contributed by atoms with van der Waals surface area (Å²) in [6.07, 6.45) is 3.06. The predicted molar refractivity (Wildman–Crippen MR) is 139 cm³/mol. The van der Waals surface area contributed by atoms with Gasteiger partial charge in [-0.1, -0.05) is 0 Å². The van der Waals surface area contributed by atoms with E-state index in [4.69, 9.17) is 0 Å². The maximum atomic E-state index is 13.1. The molecule has 178 valence electrons. The van der Waals surface area contributed by atoms with Crippen molar-refractivity contribution in [2.75, 3.05) is 48.8 Å². The summed E-state index contributed by atoms with van der Waals surface area (Å²) < 4.78 is 0. The number of hydrogen-bond donors (Lipinski definition) is 4. The fourth-order valence-electron chi connectivity index (χ4n) is 4.25. The van der Waals surface area contributed by atoms with Gasteiger partial charge in [0.1, 0.15) is 5.56 Å². The van der Waals surface area contributed by atoms with E-state index in [9.17, 15) is 14.4 Å². The first-order valence-corrected chi connectivity index (χ1v) is 11.4. The van der Waals surface area contributed by atoms with E-state index in [1.165, 1.54) is 6.20 Å². The van der Waals surface area contributed by atoms with E-state index < -0.39 is 11.5 Å². The second-order valence-corrected chi connectivity index (χ2v) is 8.62. The zero-order valence-corrected chi connectivity index (χ0v) is 19.3. The summed E-state index contributed by atoms with van der Waals surface area (Å²) in [5.41, 5.74) is 2.02. The van der Waals surface area contributed by atoms with Gasteiger partial charge in [-0.25, -0.2) is 0 Å². The van der Waals surface area contributed by atoms with Crippen molar-refractivity contribution in [3.8, 4) is 0 Å². The Morgan fingerprint density at radius 2 is 1.51 bits per heavy atom. The van der Waals surface area contributed by atoms with Crippen molar-refractivity contribution in [3.05, 3.63) is 93.3 Å². The van der Waals surface area contributed by atoms with Crippen LogP contribution in [0.5, 0.6) is 0 Å². The number of nitrogens with one attached hydrogen (secondary N) is 4. The smallest absolute Gasteiger partial charge is 0.263 e. The summed E-state index contributed by atoms with van der Waals surface area (Å²) in [7, 11) is 2.12. The minimum Gasteiger partial charge on any atom is -0.369 e. The first-order chi connectivity index (χ1) is 17.0. The molecule has 3 heterocycles. The molecule has 0 bridgehead atoms. The van der Waals surface area contributed by atoms with Gasteiger partial charge in [-0.15, -0.1) is 0 Å². The number of carbonyl (C=O) groups excluding carboxylic acids is 1. The number of amides is 1. The highest BCUT2D eigenvalue weighted by Crippen LogP contribution is 2.23. The van der Waals surface area contributed by atoms with Gasteiger partial charge in [0.05, 0.1) is 5.69 Å². The fourth-order valence-corrected chi connectivity index (χ4v) is 4.25. The highest BCUT2D eigenvalue weighted by Gasteiger charge is 2.18. The van der Waals surface area contributed by atoms with E-state index in [2.05, 4.69) is 37.4 Å². The number of piperazine rings is 1. The van der Waals surface area contributed by atoms with E-state index in [1.807, 2.05) is 24.3 Å². The van der Waals surface area contributed by atoms with Gasteiger partial charge in [0, 0.05) is 61.0 Å². The highest BCUT2D eigenvalue weighted by molar-refractivity contribution is 6.08. The lowest BCUT2D eigenvalue weighted by Crippen LogP contribution is -2.44. The summed E-state index contributed by atoms with van der Waals surface area (Å²) in [5.74, 6) is -0.515. The Labute approximate surface area is 201 Å². The number of fused-ring (bicyclic) bond motifs is 1. The molecule has 0 saturated carbocycles. The van der Waals surface area contributed by atoms with Gasteiger partial charge in [-0.3, -0.25) is 14.4 Å². The Bertz CT molecular complexity index is 1480. The monoisotopic (exact) mass is 470 g/mol. The summed E-state index contributed by atoms with van der Waals surface area (Å²) in [6, 6.07) is 16.3. The van der Waals surface area contributed by atoms with Crippen molar-refractivity contribution in [1.82, 2.24) is 14.9 Å². The normalized spacial score (nSPS) is 14.1. The van der Waals surface area contributed by atoms with Crippen molar-refractivity contribution in [2.24, 2.45) is 0 Å². The van der Waals surface area contributed by atoms with Crippen LogP contribution in [-0.2, 0) is 0 Å². The maximum absolute atomic E-state index is 13.1. The minimum atomic E-state index is -0.515. The molecular formula is C26H26N6O3. The number of hydrogen-bond acceptors (Lipinski definition) is 6. The van der Waals surface area contributed by atoms with Crippen molar-refractivity contribution in [2.45, 2.75) is 0 Å². The molecule has 1 aliphatic rings. The predicted octanol–water partition coefficient (Wildman–Crippen LogP) is 2.96. The molecule has 4 N–H and O–H groups in total. The molecule has 1 saturated heterocycles. The van der Waals surface area contributed by atoms with Crippen LogP contribution >= 0.6 is 0 Å². The van der Waals surface area contributed by atoms with Gasteiger partial charge in [0.2, 0.25) is 0 Å². The Morgan fingerprint density at radius 3 is 2.29 bits per heavy atom. The Balaban J connectivity index is 1.35. The number of nitrogens with zero attached hydrogens (tertiary/aromatic N) is 2. The molecule has 5 rings (SSSR count). The van der Waals surface area contributed by atoms with E-state index in [-0.39, 0.29) is 11.1 Å². The van der Waals surface area contributed by atoms with Crippen molar-refractivity contribution < 1.29 is 4.79 Å². The SMILES string of the molecule is CN1CCN(c2ccc(NC(=O)c3c(Nc4ccc5c(=O)[nH]ccc5c4)cc[nH]c3=O)cc2)CC1. The molecule has 9 nitrogen and oxygen atoms in total. The van der Waals surface area contributed by atoms with Crippen molar-refractivity contribution in [1.29, 1.82) is 0 Å². The number of carbonyl (C=O) groups is 1. The first kappa shape index (κ1) is 22.4. The van der Waals surface area contributed by atoms with Crippen LogP contribution in [0.3, 0.4) is 0 Å². The molecule has 2 aromatic carbocycles. The lowest BCUT2D eigenvalue weighted by atomic mass is 10.1. The molecular weight excluding hydrogens is 444 g/mol. The molecule has 4 aromatic rings. The van der Waals surface area contributed by atoms with Crippen LogP contribution in [-0.4, -0.2) is 54.0 Å². The molecule has 0 unspecified atom stereocenters. The number of benzene rings is 2. The second kappa shape index (κ2) is 9.47. The lowest BCUT2D eigenvalue weighted by molar-refractivity contribution is 0.102. The minimum absolute atomic E-state index is 0.0262. The van der Waals surface area contributed by atoms with E-state index in [1.54, 1.807) is 36.5 Å². The molecule has 1 amide bonds. The average Bonchev–Trinajstić information content (AvgIpc) is 2.85. The van der Waals surface area contributed by atoms with Gasteiger partial charge in [0.15, 0.2) is 0 Å².